The zero-order valence-corrected chi connectivity index (χ0v) is 11.8. The number of hydrogen-bond donors (Lipinski definition) is 1. The molecular weight excluding hydrogens is 254 g/mol. The van der Waals surface area contributed by atoms with Gasteiger partial charge in [0.1, 0.15) is 0 Å². The number of aliphatic hydroxyl groups excluding tert-OH is 1. The molecule has 1 unspecified atom stereocenters. The van der Waals surface area contributed by atoms with E-state index in [9.17, 15) is 5.11 Å². The highest BCUT2D eigenvalue weighted by Gasteiger charge is 2.21. The number of aromatic nitrogens is 1. The number of benzene rings is 1. The molecule has 106 valence electrons. The molecule has 1 heterocycles. The third-order valence-electron chi connectivity index (χ3n) is 3.92. The van der Waals surface area contributed by atoms with Crippen molar-refractivity contribution in [3.05, 3.63) is 41.7 Å². The van der Waals surface area contributed by atoms with Gasteiger partial charge in [-0.2, -0.15) is 0 Å². The van der Waals surface area contributed by atoms with Crippen molar-refractivity contribution in [2.45, 2.75) is 25.4 Å². The number of fused-ring (bicyclic) bond motifs is 1. The highest BCUT2D eigenvalue weighted by molar-refractivity contribution is 5.50. The molecule has 0 radical (unpaired) electrons. The van der Waals surface area contributed by atoms with Crippen molar-refractivity contribution >= 4 is 0 Å². The smallest absolute Gasteiger partial charge is 0.162 e. The lowest BCUT2D eigenvalue weighted by molar-refractivity contribution is 0.156. The molecule has 0 spiro atoms. The van der Waals surface area contributed by atoms with Crippen molar-refractivity contribution in [3.63, 3.8) is 0 Å². The summed E-state index contributed by atoms with van der Waals surface area (Å²) in [6.45, 7) is 0. The van der Waals surface area contributed by atoms with Crippen molar-refractivity contribution in [2.24, 2.45) is 0 Å². The summed E-state index contributed by atoms with van der Waals surface area (Å²) in [5.74, 6) is 1.43. The molecular formula is C16H19NO3. The number of hydrogen-bond acceptors (Lipinski definition) is 3. The van der Waals surface area contributed by atoms with Crippen LogP contribution in [-0.4, -0.2) is 23.9 Å². The van der Waals surface area contributed by atoms with Crippen molar-refractivity contribution < 1.29 is 14.6 Å². The Hall–Kier alpha value is -1.94. The van der Waals surface area contributed by atoms with Gasteiger partial charge in [0.2, 0.25) is 0 Å². The van der Waals surface area contributed by atoms with E-state index in [2.05, 4.69) is 4.57 Å². The van der Waals surface area contributed by atoms with Crippen LogP contribution in [0.2, 0.25) is 0 Å². The Kier molecular flexibility index (Phi) is 3.40. The van der Waals surface area contributed by atoms with E-state index in [0.29, 0.717) is 5.75 Å². The van der Waals surface area contributed by atoms with E-state index in [1.807, 2.05) is 30.5 Å². The van der Waals surface area contributed by atoms with E-state index < -0.39 is 0 Å². The molecule has 4 heteroatoms. The fourth-order valence-electron chi connectivity index (χ4n) is 2.88. The minimum atomic E-state index is -0.333. The average Bonchev–Trinajstić information content (AvgIpc) is 2.92. The maximum atomic E-state index is 10.0. The van der Waals surface area contributed by atoms with E-state index in [1.165, 1.54) is 5.69 Å². The first-order chi connectivity index (χ1) is 9.74. The zero-order chi connectivity index (χ0) is 14.1. The van der Waals surface area contributed by atoms with Crippen molar-refractivity contribution in [1.82, 2.24) is 4.57 Å². The molecule has 0 saturated heterocycles. The van der Waals surface area contributed by atoms with E-state index in [0.717, 1.165) is 36.3 Å². The third-order valence-corrected chi connectivity index (χ3v) is 3.92. The van der Waals surface area contributed by atoms with Crippen LogP contribution in [0.15, 0.2) is 30.5 Å². The quantitative estimate of drug-likeness (QED) is 0.935. The second-order valence-electron chi connectivity index (χ2n) is 5.04. The highest BCUT2D eigenvalue weighted by atomic mass is 16.5. The van der Waals surface area contributed by atoms with Gasteiger partial charge in [0.15, 0.2) is 11.5 Å². The summed E-state index contributed by atoms with van der Waals surface area (Å²) in [4.78, 5) is 0. The van der Waals surface area contributed by atoms with Gasteiger partial charge in [0, 0.05) is 29.2 Å². The Bertz CT molecular complexity index is 618. The van der Waals surface area contributed by atoms with Crippen LogP contribution in [0.25, 0.3) is 5.69 Å². The summed E-state index contributed by atoms with van der Waals surface area (Å²) in [5, 5.41) is 10.0. The standard InChI is InChI=1S/C16H19NO3/c1-19-15-7-6-11(10-16(15)20-2)17-9-8-12-13(17)4-3-5-14(12)18/h6-10,14,18H,3-5H2,1-2H3. The van der Waals surface area contributed by atoms with Gasteiger partial charge in [-0.1, -0.05) is 0 Å². The number of methoxy groups -OCH3 is 2. The minimum Gasteiger partial charge on any atom is -0.493 e. The van der Waals surface area contributed by atoms with Crippen molar-refractivity contribution in [1.29, 1.82) is 0 Å². The lowest BCUT2D eigenvalue weighted by Crippen LogP contribution is -2.11. The first-order valence-corrected chi connectivity index (χ1v) is 6.85. The van der Waals surface area contributed by atoms with Crippen LogP contribution in [0.1, 0.15) is 30.2 Å². The van der Waals surface area contributed by atoms with Gasteiger partial charge >= 0.3 is 0 Å². The lowest BCUT2D eigenvalue weighted by atomic mass is 9.95. The summed E-state index contributed by atoms with van der Waals surface area (Å²) in [7, 11) is 3.27. The summed E-state index contributed by atoms with van der Waals surface area (Å²) in [6.07, 6.45) is 4.54. The van der Waals surface area contributed by atoms with Gasteiger partial charge in [-0.05, 0) is 37.5 Å². The molecule has 1 aliphatic carbocycles. The molecule has 0 fully saturated rings. The highest BCUT2D eigenvalue weighted by Crippen LogP contribution is 2.34. The van der Waals surface area contributed by atoms with Crippen LogP contribution in [0.5, 0.6) is 11.5 Å². The van der Waals surface area contributed by atoms with Gasteiger partial charge in [-0.3, -0.25) is 0 Å². The van der Waals surface area contributed by atoms with Gasteiger partial charge in [-0.15, -0.1) is 0 Å². The Labute approximate surface area is 118 Å². The second kappa shape index (κ2) is 5.21. The molecule has 2 aromatic rings. The van der Waals surface area contributed by atoms with E-state index in [1.54, 1.807) is 14.2 Å². The number of ether oxygens (including phenoxy) is 2. The lowest BCUT2D eigenvalue weighted by Gasteiger charge is -2.20. The van der Waals surface area contributed by atoms with Crippen LogP contribution < -0.4 is 9.47 Å². The molecule has 0 aliphatic heterocycles. The first kappa shape index (κ1) is 13.1. The monoisotopic (exact) mass is 273 g/mol. The molecule has 0 amide bonds. The Balaban J connectivity index is 2.05. The minimum absolute atomic E-state index is 0.333. The first-order valence-electron chi connectivity index (χ1n) is 6.85. The maximum absolute atomic E-state index is 10.0. The molecule has 0 bridgehead atoms. The predicted octanol–water partition coefficient (Wildman–Crippen LogP) is 2.86. The molecule has 0 saturated carbocycles. The molecule has 1 aromatic heterocycles. The summed E-state index contributed by atoms with van der Waals surface area (Å²) in [5.41, 5.74) is 3.26. The average molecular weight is 273 g/mol. The number of rotatable bonds is 3. The largest absolute Gasteiger partial charge is 0.493 e. The van der Waals surface area contributed by atoms with Crippen molar-refractivity contribution in [3.8, 4) is 17.2 Å². The topological polar surface area (TPSA) is 43.6 Å². The number of aliphatic hydroxyl groups is 1. The summed E-state index contributed by atoms with van der Waals surface area (Å²) in [6, 6.07) is 7.87. The number of nitrogens with zero attached hydrogens (tertiary/aromatic N) is 1. The molecule has 4 nitrogen and oxygen atoms in total. The van der Waals surface area contributed by atoms with Gasteiger partial charge in [0.05, 0.1) is 20.3 Å². The van der Waals surface area contributed by atoms with E-state index in [-0.39, 0.29) is 6.10 Å². The fraction of sp³-hybridized carbons (Fsp3) is 0.375. The molecule has 1 aliphatic rings. The van der Waals surface area contributed by atoms with Crippen LogP contribution >= 0.6 is 0 Å². The SMILES string of the molecule is COc1ccc(-n2ccc3c2CCCC3O)cc1OC. The van der Waals surface area contributed by atoms with Gasteiger partial charge in [0.25, 0.3) is 0 Å². The molecule has 1 atom stereocenters. The molecule has 20 heavy (non-hydrogen) atoms. The van der Waals surface area contributed by atoms with E-state index in [4.69, 9.17) is 9.47 Å². The predicted molar refractivity (Wildman–Crippen MR) is 76.8 cm³/mol. The molecule has 3 rings (SSSR count). The fourth-order valence-corrected chi connectivity index (χ4v) is 2.88. The van der Waals surface area contributed by atoms with Gasteiger partial charge < -0.3 is 19.1 Å². The Morgan fingerprint density at radius 3 is 2.70 bits per heavy atom. The van der Waals surface area contributed by atoms with Crippen LogP contribution in [-0.2, 0) is 6.42 Å². The van der Waals surface area contributed by atoms with Crippen LogP contribution in [0.3, 0.4) is 0 Å². The zero-order valence-electron chi connectivity index (χ0n) is 11.8. The Morgan fingerprint density at radius 1 is 1.15 bits per heavy atom. The van der Waals surface area contributed by atoms with Crippen LogP contribution in [0.4, 0.5) is 0 Å². The molecule has 1 N–H and O–H groups in total. The molecule has 1 aromatic carbocycles. The summed E-state index contributed by atoms with van der Waals surface area (Å²) < 4.78 is 12.7. The van der Waals surface area contributed by atoms with Crippen molar-refractivity contribution in [2.75, 3.05) is 14.2 Å². The van der Waals surface area contributed by atoms with Crippen LogP contribution in [0, 0.1) is 0 Å². The Morgan fingerprint density at radius 2 is 1.95 bits per heavy atom. The maximum Gasteiger partial charge on any atom is 0.162 e. The normalized spacial score (nSPS) is 17.6. The third kappa shape index (κ3) is 2.06. The summed E-state index contributed by atoms with van der Waals surface area (Å²) >= 11 is 0. The van der Waals surface area contributed by atoms with E-state index >= 15 is 0 Å². The van der Waals surface area contributed by atoms with Gasteiger partial charge in [-0.25, -0.2) is 0 Å². The second-order valence-corrected chi connectivity index (χ2v) is 5.04.